The summed E-state index contributed by atoms with van der Waals surface area (Å²) in [4.78, 5) is 41.0. The van der Waals surface area contributed by atoms with Crippen molar-refractivity contribution in [1.82, 2.24) is 20.4 Å². The molecule has 1 spiro atoms. The Bertz CT molecular complexity index is 750. The first-order chi connectivity index (χ1) is 12.0. The average molecular weight is 342 g/mol. The molecule has 2 atom stereocenters. The molecule has 2 heterocycles. The van der Waals surface area contributed by atoms with Crippen molar-refractivity contribution in [3.63, 3.8) is 0 Å². The second-order valence-electron chi connectivity index (χ2n) is 7.02. The molecule has 2 N–H and O–H groups in total. The van der Waals surface area contributed by atoms with E-state index in [1.807, 2.05) is 31.2 Å². The van der Waals surface area contributed by atoms with E-state index >= 15 is 0 Å². The number of benzene rings is 1. The molecule has 0 radical (unpaired) electrons. The molecule has 4 amide bonds. The third-order valence-electron chi connectivity index (χ3n) is 5.54. The van der Waals surface area contributed by atoms with Crippen LogP contribution in [0, 0.1) is 0 Å². The summed E-state index contributed by atoms with van der Waals surface area (Å²) in [5, 5.41) is 6.09. The molecule has 0 aromatic heterocycles. The van der Waals surface area contributed by atoms with Crippen LogP contribution >= 0.6 is 0 Å². The lowest BCUT2D eigenvalue weighted by Gasteiger charge is -2.34. The Morgan fingerprint density at radius 2 is 2.12 bits per heavy atom. The molecular formula is C18H22N4O3. The number of nitrogens with one attached hydrogen (secondary N) is 2. The van der Waals surface area contributed by atoms with Crippen LogP contribution in [0.1, 0.15) is 24.5 Å². The highest BCUT2D eigenvalue weighted by atomic mass is 16.2. The van der Waals surface area contributed by atoms with Gasteiger partial charge in [0.2, 0.25) is 5.91 Å². The first-order valence-corrected chi connectivity index (χ1v) is 8.75. The number of carbonyl (C=O) groups excluding carboxylic acids is 3. The zero-order valence-electron chi connectivity index (χ0n) is 14.2. The first-order valence-electron chi connectivity index (χ1n) is 8.75. The normalized spacial score (nSPS) is 28.4. The van der Waals surface area contributed by atoms with Crippen LogP contribution in [0.2, 0.25) is 0 Å². The van der Waals surface area contributed by atoms with Crippen LogP contribution in [0.15, 0.2) is 24.3 Å². The van der Waals surface area contributed by atoms with Gasteiger partial charge in [-0.1, -0.05) is 24.3 Å². The summed E-state index contributed by atoms with van der Waals surface area (Å²) in [5.74, 6) is -0.487. The van der Waals surface area contributed by atoms with E-state index in [0.29, 0.717) is 13.0 Å². The predicted molar refractivity (Wildman–Crippen MR) is 90.7 cm³/mol. The fourth-order valence-electron chi connectivity index (χ4n) is 4.17. The maximum absolute atomic E-state index is 13.1. The van der Waals surface area contributed by atoms with Crippen LogP contribution in [0.25, 0.3) is 0 Å². The summed E-state index contributed by atoms with van der Waals surface area (Å²) < 4.78 is 0. The van der Waals surface area contributed by atoms with Gasteiger partial charge in [0.15, 0.2) is 0 Å². The van der Waals surface area contributed by atoms with E-state index in [2.05, 4.69) is 10.6 Å². The van der Waals surface area contributed by atoms with E-state index in [4.69, 9.17) is 0 Å². The summed E-state index contributed by atoms with van der Waals surface area (Å²) in [6, 6.07) is 7.28. The highest BCUT2D eigenvalue weighted by Gasteiger charge is 2.55. The minimum atomic E-state index is -0.997. The van der Waals surface area contributed by atoms with E-state index in [9.17, 15) is 14.4 Å². The molecule has 132 valence electrons. The highest BCUT2D eigenvalue weighted by molar-refractivity contribution is 6.09. The molecule has 1 aromatic carbocycles. The molecule has 0 bridgehead atoms. The molecule has 2 saturated heterocycles. The van der Waals surface area contributed by atoms with Crippen molar-refractivity contribution in [3.8, 4) is 0 Å². The average Bonchev–Trinajstić information content (AvgIpc) is 3.09. The van der Waals surface area contributed by atoms with Crippen LogP contribution < -0.4 is 10.6 Å². The van der Waals surface area contributed by atoms with Crippen LogP contribution in [0.3, 0.4) is 0 Å². The molecule has 3 aliphatic rings. The van der Waals surface area contributed by atoms with Crippen molar-refractivity contribution in [1.29, 1.82) is 0 Å². The van der Waals surface area contributed by atoms with Gasteiger partial charge < -0.3 is 15.5 Å². The number of aryl methyl sites for hydroxylation is 1. The molecule has 7 heteroatoms. The number of imide groups is 1. The second kappa shape index (κ2) is 5.84. The van der Waals surface area contributed by atoms with Gasteiger partial charge in [-0.05, 0) is 30.9 Å². The Labute approximate surface area is 146 Å². The Morgan fingerprint density at radius 1 is 1.32 bits per heavy atom. The van der Waals surface area contributed by atoms with Gasteiger partial charge in [0, 0.05) is 25.7 Å². The van der Waals surface area contributed by atoms with E-state index in [-0.39, 0.29) is 24.4 Å². The molecule has 1 unspecified atom stereocenters. The third kappa shape index (κ3) is 2.41. The topological polar surface area (TPSA) is 81.8 Å². The van der Waals surface area contributed by atoms with Crippen molar-refractivity contribution in [2.24, 2.45) is 0 Å². The van der Waals surface area contributed by atoms with Gasteiger partial charge >= 0.3 is 6.03 Å². The molecule has 25 heavy (non-hydrogen) atoms. The van der Waals surface area contributed by atoms with Crippen LogP contribution in [-0.4, -0.2) is 59.9 Å². The number of hydrogen-bond acceptors (Lipinski definition) is 4. The smallest absolute Gasteiger partial charge is 0.325 e. The van der Waals surface area contributed by atoms with Gasteiger partial charge in [0.25, 0.3) is 5.91 Å². The SMILES string of the molecule is C[C@H]1CNCCN1C(=O)CN1C(=O)NC2(CCc3ccccc32)C1=O. The Balaban J connectivity index is 1.56. The van der Waals surface area contributed by atoms with E-state index in [0.717, 1.165) is 35.5 Å². The van der Waals surface area contributed by atoms with Crippen molar-refractivity contribution >= 4 is 17.8 Å². The van der Waals surface area contributed by atoms with Gasteiger partial charge in [-0.25, -0.2) is 4.79 Å². The molecule has 2 fully saturated rings. The van der Waals surface area contributed by atoms with Crippen LogP contribution in [-0.2, 0) is 21.5 Å². The second-order valence-corrected chi connectivity index (χ2v) is 7.02. The number of piperazine rings is 1. The van der Waals surface area contributed by atoms with E-state index in [1.54, 1.807) is 4.90 Å². The molecule has 1 aromatic rings. The number of hydrogen-bond donors (Lipinski definition) is 2. The Morgan fingerprint density at radius 3 is 2.92 bits per heavy atom. The van der Waals surface area contributed by atoms with Crippen molar-refractivity contribution in [2.75, 3.05) is 26.2 Å². The van der Waals surface area contributed by atoms with Gasteiger partial charge in [-0.15, -0.1) is 0 Å². The zero-order chi connectivity index (χ0) is 17.6. The molecular weight excluding hydrogens is 320 g/mol. The number of urea groups is 1. The van der Waals surface area contributed by atoms with E-state index < -0.39 is 11.6 Å². The summed E-state index contributed by atoms with van der Waals surface area (Å²) in [5.41, 5.74) is 0.946. The predicted octanol–water partition coefficient (Wildman–Crippen LogP) is 0.200. The molecule has 4 rings (SSSR count). The monoisotopic (exact) mass is 342 g/mol. The van der Waals surface area contributed by atoms with Gasteiger partial charge in [0.05, 0.1) is 0 Å². The number of amides is 4. The Hall–Kier alpha value is -2.41. The summed E-state index contributed by atoms with van der Waals surface area (Å²) in [6.07, 6.45) is 1.30. The third-order valence-corrected chi connectivity index (χ3v) is 5.54. The van der Waals surface area contributed by atoms with Gasteiger partial charge in [-0.3, -0.25) is 14.5 Å². The molecule has 1 aliphatic carbocycles. The van der Waals surface area contributed by atoms with Crippen molar-refractivity contribution < 1.29 is 14.4 Å². The lowest BCUT2D eigenvalue weighted by molar-refractivity contribution is -0.140. The summed E-state index contributed by atoms with van der Waals surface area (Å²) in [7, 11) is 0. The minimum absolute atomic E-state index is 0.0585. The maximum atomic E-state index is 13.1. The minimum Gasteiger partial charge on any atom is -0.336 e. The van der Waals surface area contributed by atoms with Gasteiger partial charge in [0.1, 0.15) is 12.1 Å². The molecule has 7 nitrogen and oxygen atoms in total. The number of carbonyl (C=O) groups is 3. The van der Waals surface area contributed by atoms with Crippen LogP contribution in [0.4, 0.5) is 4.79 Å². The standard InChI is InChI=1S/C18H22N4O3/c1-12-10-19-8-9-21(12)15(23)11-22-16(24)18(20-17(22)25)7-6-13-4-2-3-5-14(13)18/h2-5,12,19H,6-11H2,1H3,(H,20,25)/t12-,18?/m0/s1. The fourth-order valence-corrected chi connectivity index (χ4v) is 4.17. The summed E-state index contributed by atoms with van der Waals surface area (Å²) in [6.45, 7) is 3.82. The lowest BCUT2D eigenvalue weighted by Crippen LogP contribution is -2.55. The maximum Gasteiger partial charge on any atom is 0.325 e. The molecule has 0 saturated carbocycles. The largest absolute Gasteiger partial charge is 0.336 e. The van der Waals surface area contributed by atoms with Crippen molar-refractivity contribution in [3.05, 3.63) is 35.4 Å². The quantitative estimate of drug-likeness (QED) is 0.753. The lowest BCUT2D eigenvalue weighted by atomic mass is 9.92. The van der Waals surface area contributed by atoms with Crippen molar-refractivity contribution in [2.45, 2.75) is 31.3 Å². The Kier molecular flexibility index (Phi) is 3.76. The first kappa shape index (κ1) is 16.1. The number of rotatable bonds is 2. The van der Waals surface area contributed by atoms with Crippen LogP contribution in [0.5, 0.6) is 0 Å². The van der Waals surface area contributed by atoms with Gasteiger partial charge in [-0.2, -0.15) is 0 Å². The number of fused-ring (bicyclic) bond motifs is 2. The van der Waals surface area contributed by atoms with E-state index in [1.165, 1.54) is 0 Å². The highest BCUT2D eigenvalue weighted by Crippen LogP contribution is 2.41. The number of nitrogens with zero attached hydrogens (tertiary/aromatic N) is 2. The fraction of sp³-hybridized carbons (Fsp3) is 0.500. The molecule has 2 aliphatic heterocycles. The summed E-state index contributed by atoms with van der Waals surface area (Å²) >= 11 is 0. The zero-order valence-corrected chi connectivity index (χ0v) is 14.2.